The molecule has 5 heteroatoms. The maximum absolute atomic E-state index is 13.6. The van der Waals surface area contributed by atoms with E-state index in [-0.39, 0.29) is 18.1 Å². The van der Waals surface area contributed by atoms with Crippen LogP contribution in [0.1, 0.15) is 25.1 Å². The molecule has 0 aliphatic rings. The summed E-state index contributed by atoms with van der Waals surface area (Å²) in [4.78, 5) is 7.97. The van der Waals surface area contributed by atoms with Crippen LogP contribution in [0.15, 0.2) is 30.6 Å². The summed E-state index contributed by atoms with van der Waals surface area (Å²) < 4.78 is 32.7. The summed E-state index contributed by atoms with van der Waals surface area (Å²) in [6, 6.07) is 5.32. The normalized spacial score (nSPS) is 11.4. The fourth-order valence-electron chi connectivity index (χ4n) is 1.83. The van der Waals surface area contributed by atoms with Gasteiger partial charge in [0, 0.05) is 18.1 Å². The number of nitrogens with zero attached hydrogens (tertiary/aromatic N) is 2. The number of halogens is 2. The van der Waals surface area contributed by atoms with Crippen molar-refractivity contribution in [1.82, 2.24) is 9.97 Å². The van der Waals surface area contributed by atoms with Crippen LogP contribution in [0.4, 0.5) is 8.78 Å². The average Bonchev–Trinajstić information content (AvgIpc) is 2.44. The van der Waals surface area contributed by atoms with Crippen molar-refractivity contribution in [2.75, 3.05) is 0 Å². The van der Waals surface area contributed by atoms with Gasteiger partial charge in [0.2, 0.25) is 5.88 Å². The number of hydrogen-bond donors (Lipinski definition) is 0. The van der Waals surface area contributed by atoms with Gasteiger partial charge >= 0.3 is 0 Å². The Balaban J connectivity index is 2.19. The summed E-state index contributed by atoms with van der Waals surface area (Å²) in [6.45, 7) is 3.50. The second-order valence-electron chi connectivity index (χ2n) is 4.38. The number of hydrogen-bond acceptors (Lipinski definition) is 3. The highest BCUT2D eigenvalue weighted by Crippen LogP contribution is 2.17. The second kappa shape index (κ2) is 6.80. The molecule has 0 saturated carbocycles. The molecule has 0 bridgehead atoms. The molecule has 1 unspecified atom stereocenters. The quantitative estimate of drug-likeness (QED) is 0.811. The molecular weight excluding hydrogens is 274 g/mol. The van der Waals surface area contributed by atoms with Crippen molar-refractivity contribution in [3.63, 3.8) is 0 Å². The lowest BCUT2D eigenvalue weighted by molar-refractivity contribution is 0.267. The number of rotatable bonds is 4. The molecule has 0 fully saturated rings. The van der Waals surface area contributed by atoms with E-state index in [4.69, 9.17) is 4.74 Å². The van der Waals surface area contributed by atoms with Crippen molar-refractivity contribution in [2.45, 2.75) is 26.4 Å². The SMILES string of the molecule is CC#CC(C)Oc1cc(Cc2c(F)cccc2F)ncn1. The topological polar surface area (TPSA) is 35.0 Å². The van der Waals surface area contributed by atoms with Gasteiger partial charge in [-0.1, -0.05) is 12.0 Å². The van der Waals surface area contributed by atoms with Gasteiger partial charge < -0.3 is 4.74 Å². The van der Waals surface area contributed by atoms with Crippen LogP contribution in [0, 0.1) is 23.5 Å². The van der Waals surface area contributed by atoms with Gasteiger partial charge in [-0.3, -0.25) is 0 Å². The number of benzene rings is 1. The van der Waals surface area contributed by atoms with E-state index in [2.05, 4.69) is 21.8 Å². The minimum absolute atomic E-state index is 0.0245. The Hall–Kier alpha value is -2.48. The van der Waals surface area contributed by atoms with Crippen molar-refractivity contribution < 1.29 is 13.5 Å². The molecule has 21 heavy (non-hydrogen) atoms. The molecule has 0 amide bonds. The van der Waals surface area contributed by atoms with E-state index in [0.29, 0.717) is 11.6 Å². The first kappa shape index (κ1) is 14.9. The Labute approximate surface area is 122 Å². The van der Waals surface area contributed by atoms with Crippen LogP contribution in [0.25, 0.3) is 0 Å². The monoisotopic (exact) mass is 288 g/mol. The number of ether oxygens (including phenoxy) is 1. The third kappa shape index (κ3) is 3.99. The highest BCUT2D eigenvalue weighted by atomic mass is 19.1. The highest BCUT2D eigenvalue weighted by molar-refractivity contribution is 5.26. The molecule has 3 nitrogen and oxygen atoms in total. The molecule has 0 aliphatic carbocycles. The maximum atomic E-state index is 13.6. The van der Waals surface area contributed by atoms with E-state index in [1.165, 1.54) is 24.5 Å². The molecule has 2 rings (SSSR count). The third-order valence-electron chi connectivity index (χ3n) is 2.76. The molecule has 0 spiro atoms. The van der Waals surface area contributed by atoms with Gasteiger partial charge in [-0.25, -0.2) is 18.7 Å². The first-order chi connectivity index (χ1) is 10.1. The van der Waals surface area contributed by atoms with Gasteiger partial charge in [0.15, 0.2) is 6.10 Å². The van der Waals surface area contributed by atoms with Gasteiger partial charge in [-0.05, 0) is 26.0 Å². The molecule has 1 heterocycles. The van der Waals surface area contributed by atoms with Crippen molar-refractivity contribution in [3.8, 4) is 17.7 Å². The molecular formula is C16H14F2N2O. The zero-order valence-electron chi connectivity index (χ0n) is 11.7. The Bertz CT molecular complexity index is 672. The zero-order chi connectivity index (χ0) is 15.2. The summed E-state index contributed by atoms with van der Waals surface area (Å²) in [6.07, 6.45) is 1.02. The molecule has 1 atom stereocenters. The van der Waals surface area contributed by atoms with Gasteiger partial charge in [0.25, 0.3) is 0 Å². The van der Waals surface area contributed by atoms with E-state index < -0.39 is 11.6 Å². The first-order valence-electron chi connectivity index (χ1n) is 6.43. The summed E-state index contributed by atoms with van der Waals surface area (Å²) in [5, 5.41) is 0. The van der Waals surface area contributed by atoms with Crippen LogP contribution in [0.5, 0.6) is 5.88 Å². The fraction of sp³-hybridized carbons (Fsp3) is 0.250. The fourth-order valence-corrected chi connectivity index (χ4v) is 1.83. The second-order valence-corrected chi connectivity index (χ2v) is 4.38. The van der Waals surface area contributed by atoms with Gasteiger partial charge in [-0.15, -0.1) is 5.92 Å². The summed E-state index contributed by atoms with van der Waals surface area (Å²) in [5.74, 6) is 4.70. The van der Waals surface area contributed by atoms with Crippen LogP contribution in [-0.2, 0) is 6.42 Å². The van der Waals surface area contributed by atoms with Crippen LogP contribution in [0.2, 0.25) is 0 Å². The van der Waals surface area contributed by atoms with Crippen LogP contribution in [0.3, 0.4) is 0 Å². The smallest absolute Gasteiger partial charge is 0.217 e. The largest absolute Gasteiger partial charge is 0.461 e. The van der Waals surface area contributed by atoms with E-state index in [1.807, 2.05) is 0 Å². The Morgan fingerprint density at radius 1 is 1.24 bits per heavy atom. The van der Waals surface area contributed by atoms with Crippen molar-refractivity contribution in [3.05, 3.63) is 53.5 Å². The van der Waals surface area contributed by atoms with Gasteiger partial charge in [0.05, 0.1) is 5.69 Å². The lowest BCUT2D eigenvalue weighted by Crippen LogP contribution is -2.10. The summed E-state index contributed by atoms with van der Waals surface area (Å²) in [7, 11) is 0. The van der Waals surface area contributed by atoms with Gasteiger partial charge in [0.1, 0.15) is 18.0 Å². The highest BCUT2D eigenvalue weighted by Gasteiger charge is 2.11. The molecule has 2 aromatic rings. The van der Waals surface area contributed by atoms with E-state index in [1.54, 1.807) is 19.9 Å². The molecule has 1 aromatic heterocycles. The summed E-state index contributed by atoms with van der Waals surface area (Å²) >= 11 is 0. The van der Waals surface area contributed by atoms with Crippen LogP contribution < -0.4 is 4.74 Å². The van der Waals surface area contributed by atoms with Gasteiger partial charge in [-0.2, -0.15) is 0 Å². The molecule has 0 N–H and O–H groups in total. The first-order valence-corrected chi connectivity index (χ1v) is 6.43. The van der Waals surface area contributed by atoms with E-state index in [0.717, 1.165) is 0 Å². The Morgan fingerprint density at radius 3 is 2.62 bits per heavy atom. The van der Waals surface area contributed by atoms with Crippen LogP contribution >= 0.6 is 0 Å². The lowest BCUT2D eigenvalue weighted by atomic mass is 10.1. The van der Waals surface area contributed by atoms with Crippen molar-refractivity contribution >= 4 is 0 Å². The molecule has 0 saturated heterocycles. The number of aromatic nitrogens is 2. The van der Waals surface area contributed by atoms with Crippen LogP contribution in [-0.4, -0.2) is 16.1 Å². The Morgan fingerprint density at radius 2 is 1.95 bits per heavy atom. The van der Waals surface area contributed by atoms with Crippen molar-refractivity contribution in [2.24, 2.45) is 0 Å². The summed E-state index contributed by atoms with van der Waals surface area (Å²) in [5.41, 5.74) is 0.448. The standard InChI is InChI=1S/C16H14F2N2O/c1-3-5-11(2)21-16-9-12(19-10-20-16)8-13-14(17)6-4-7-15(13)18/h4,6-7,9-11H,8H2,1-2H3. The molecule has 0 radical (unpaired) electrons. The minimum atomic E-state index is -0.596. The minimum Gasteiger partial charge on any atom is -0.461 e. The predicted molar refractivity (Wildman–Crippen MR) is 74.7 cm³/mol. The maximum Gasteiger partial charge on any atom is 0.217 e. The Kier molecular flexibility index (Phi) is 4.83. The zero-order valence-corrected chi connectivity index (χ0v) is 11.7. The molecule has 1 aromatic carbocycles. The average molecular weight is 288 g/mol. The molecule has 108 valence electrons. The molecule has 0 aliphatic heterocycles. The predicted octanol–water partition coefficient (Wildman–Crippen LogP) is 3.14. The van der Waals surface area contributed by atoms with Crippen molar-refractivity contribution in [1.29, 1.82) is 0 Å². The lowest BCUT2D eigenvalue weighted by Gasteiger charge is -2.09. The third-order valence-corrected chi connectivity index (χ3v) is 2.76. The van der Waals surface area contributed by atoms with E-state index >= 15 is 0 Å². The van der Waals surface area contributed by atoms with E-state index in [9.17, 15) is 8.78 Å².